The predicted molar refractivity (Wildman–Crippen MR) is 85.5 cm³/mol. The number of thiazole rings is 1. The van der Waals surface area contributed by atoms with Crippen LogP contribution >= 0.6 is 11.3 Å². The van der Waals surface area contributed by atoms with Gasteiger partial charge in [-0.05, 0) is 13.8 Å². The van der Waals surface area contributed by atoms with Crippen molar-refractivity contribution in [2.24, 2.45) is 4.99 Å². The molecule has 0 aliphatic rings. The highest BCUT2D eigenvalue weighted by Gasteiger charge is 2.07. The molecular formula is C14H26N4OS. The third-order valence-electron chi connectivity index (χ3n) is 2.61. The molecule has 0 aromatic carbocycles. The lowest BCUT2D eigenvalue weighted by Gasteiger charge is -2.16. The average molecular weight is 298 g/mol. The summed E-state index contributed by atoms with van der Waals surface area (Å²) in [7, 11) is 1.70. The summed E-state index contributed by atoms with van der Waals surface area (Å²) in [6.07, 6.45) is 0. The van der Waals surface area contributed by atoms with Crippen LogP contribution in [0, 0.1) is 0 Å². The molecule has 0 fully saturated rings. The van der Waals surface area contributed by atoms with E-state index in [1.54, 1.807) is 18.4 Å². The van der Waals surface area contributed by atoms with Gasteiger partial charge in [0.15, 0.2) is 5.96 Å². The van der Waals surface area contributed by atoms with Crippen LogP contribution in [0.1, 0.15) is 44.3 Å². The number of ether oxygens (including phenoxy) is 1. The predicted octanol–water partition coefficient (Wildman–Crippen LogP) is 2.36. The maximum Gasteiger partial charge on any atom is 0.191 e. The minimum absolute atomic E-state index is 0.222. The summed E-state index contributed by atoms with van der Waals surface area (Å²) in [6, 6.07) is 0.222. The summed E-state index contributed by atoms with van der Waals surface area (Å²) >= 11 is 1.70. The van der Waals surface area contributed by atoms with Crippen LogP contribution in [0.4, 0.5) is 0 Å². The summed E-state index contributed by atoms with van der Waals surface area (Å²) in [5.74, 6) is 1.28. The van der Waals surface area contributed by atoms with Crippen molar-refractivity contribution in [1.29, 1.82) is 0 Å². The summed E-state index contributed by atoms with van der Waals surface area (Å²) < 4.78 is 5.12. The third kappa shape index (κ3) is 5.88. The van der Waals surface area contributed by atoms with Crippen molar-refractivity contribution in [1.82, 2.24) is 15.6 Å². The summed E-state index contributed by atoms with van der Waals surface area (Å²) in [5.41, 5.74) is 1.02. The quantitative estimate of drug-likeness (QED) is 0.599. The lowest BCUT2D eigenvalue weighted by atomic mass is 10.2. The molecule has 1 heterocycles. The highest BCUT2D eigenvalue weighted by Crippen LogP contribution is 2.19. The van der Waals surface area contributed by atoms with Gasteiger partial charge < -0.3 is 15.4 Å². The van der Waals surface area contributed by atoms with Crippen LogP contribution in [-0.4, -0.2) is 37.2 Å². The zero-order valence-corrected chi connectivity index (χ0v) is 13.9. The molecule has 0 aliphatic carbocycles. The van der Waals surface area contributed by atoms with Crippen molar-refractivity contribution >= 4 is 17.3 Å². The zero-order chi connectivity index (χ0) is 15.0. The largest absolute Gasteiger partial charge is 0.383 e. The standard InChI is InChI=1S/C14H26N4OS/c1-6-15-14(17-11(4)8-19-5)16-7-12-9-20-13(18-12)10(2)3/h9-11H,6-8H2,1-5H3,(H2,15,16,17). The van der Waals surface area contributed by atoms with Crippen molar-refractivity contribution in [2.75, 3.05) is 20.3 Å². The highest BCUT2D eigenvalue weighted by atomic mass is 32.1. The molecule has 1 unspecified atom stereocenters. The smallest absolute Gasteiger partial charge is 0.191 e. The number of rotatable bonds is 7. The molecule has 0 spiro atoms. The fourth-order valence-electron chi connectivity index (χ4n) is 1.67. The first-order chi connectivity index (χ1) is 9.56. The van der Waals surface area contributed by atoms with Gasteiger partial charge in [-0.1, -0.05) is 13.8 Å². The molecule has 1 aromatic rings. The Bertz CT molecular complexity index is 417. The lowest BCUT2D eigenvalue weighted by molar-refractivity contribution is 0.179. The van der Waals surface area contributed by atoms with E-state index < -0.39 is 0 Å². The van der Waals surface area contributed by atoms with E-state index in [0.717, 1.165) is 18.2 Å². The Kier molecular flexibility index (Phi) is 7.54. The van der Waals surface area contributed by atoms with Gasteiger partial charge in [0.1, 0.15) is 0 Å². The van der Waals surface area contributed by atoms with Gasteiger partial charge in [0.2, 0.25) is 0 Å². The van der Waals surface area contributed by atoms with Crippen LogP contribution in [-0.2, 0) is 11.3 Å². The first-order valence-electron chi connectivity index (χ1n) is 7.04. The normalized spacial score (nSPS) is 13.6. The second kappa shape index (κ2) is 8.92. The van der Waals surface area contributed by atoms with E-state index in [0.29, 0.717) is 19.1 Å². The molecule has 0 saturated carbocycles. The van der Waals surface area contributed by atoms with Crippen LogP contribution in [0.3, 0.4) is 0 Å². The molecular weight excluding hydrogens is 272 g/mol. The molecule has 0 bridgehead atoms. The van der Waals surface area contributed by atoms with Gasteiger partial charge in [0, 0.05) is 31.0 Å². The molecule has 20 heavy (non-hydrogen) atoms. The van der Waals surface area contributed by atoms with Crippen molar-refractivity contribution in [2.45, 2.75) is 46.2 Å². The fourth-order valence-corrected chi connectivity index (χ4v) is 2.49. The zero-order valence-electron chi connectivity index (χ0n) is 13.1. The first-order valence-corrected chi connectivity index (χ1v) is 7.92. The van der Waals surface area contributed by atoms with Gasteiger partial charge in [-0.2, -0.15) is 0 Å². The Morgan fingerprint density at radius 3 is 2.75 bits per heavy atom. The van der Waals surface area contributed by atoms with Crippen molar-refractivity contribution in [3.05, 3.63) is 16.1 Å². The Morgan fingerprint density at radius 1 is 1.45 bits per heavy atom. The van der Waals surface area contributed by atoms with Crippen LogP contribution in [0.2, 0.25) is 0 Å². The van der Waals surface area contributed by atoms with Gasteiger partial charge >= 0.3 is 0 Å². The average Bonchev–Trinajstić information content (AvgIpc) is 2.85. The number of nitrogens with zero attached hydrogens (tertiary/aromatic N) is 2. The molecule has 2 N–H and O–H groups in total. The molecule has 0 aliphatic heterocycles. The molecule has 1 atom stereocenters. The fraction of sp³-hybridized carbons (Fsp3) is 0.714. The van der Waals surface area contributed by atoms with E-state index in [2.05, 4.69) is 53.7 Å². The Balaban J connectivity index is 2.60. The third-order valence-corrected chi connectivity index (χ3v) is 3.80. The monoisotopic (exact) mass is 298 g/mol. The van der Waals surface area contributed by atoms with Gasteiger partial charge in [0.05, 0.1) is 23.9 Å². The number of hydrogen-bond acceptors (Lipinski definition) is 4. The minimum atomic E-state index is 0.222. The maximum absolute atomic E-state index is 5.12. The SMILES string of the molecule is CCNC(=NCc1csc(C(C)C)n1)NC(C)COC. The van der Waals surface area contributed by atoms with E-state index in [9.17, 15) is 0 Å². The van der Waals surface area contributed by atoms with E-state index in [-0.39, 0.29) is 6.04 Å². The molecule has 0 saturated heterocycles. The van der Waals surface area contributed by atoms with Gasteiger partial charge in [-0.25, -0.2) is 9.98 Å². The Morgan fingerprint density at radius 2 is 2.20 bits per heavy atom. The number of methoxy groups -OCH3 is 1. The highest BCUT2D eigenvalue weighted by molar-refractivity contribution is 7.09. The Hall–Kier alpha value is -1.14. The number of guanidine groups is 1. The van der Waals surface area contributed by atoms with Crippen LogP contribution in [0.15, 0.2) is 10.4 Å². The van der Waals surface area contributed by atoms with E-state index in [1.807, 2.05) is 0 Å². The number of nitrogens with one attached hydrogen (secondary N) is 2. The summed E-state index contributed by atoms with van der Waals surface area (Å²) in [5, 5.41) is 9.79. The van der Waals surface area contributed by atoms with Crippen molar-refractivity contribution < 1.29 is 4.74 Å². The van der Waals surface area contributed by atoms with Crippen LogP contribution < -0.4 is 10.6 Å². The summed E-state index contributed by atoms with van der Waals surface area (Å²) in [4.78, 5) is 9.15. The first kappa shape index (κ1) is 16.9. The lowest BCUT2D eigenvalue weighted by Crippen LogP contribution is -2.43. The van der Waals surface area contributed by atoms with E-state index in [1.165, 1.54) is 5.01 Å². The maximum atomic E-state index is 5.12. The molecule has 0 amide bonds. The van der Waals surface area contributed by atoms with Crippen LogP contribution in [0.25, 0.3) is 0 Å². The molecule has 114 valence electrons. The molecule has 6 heteroatoms. The van der Waals surface area contributed by atoms with E-state index >= 15 is 0 Å². The molecule has 5 nitrogen and oxygen atoms in total. The van der Waals surface area contributed by atoms with Gasteiger partial charge in [-0.15, -0.1) is 11.3 Å². The minimum Gasteiger partial charge on any atom is -0.383 e. The molecule has 0 radical (unpaired) electrons. The van der Waals surface area contributed by atoms with Crippen LogP contribution in [0.5, 0.6) is 0 Å². The van der Waals surface area contributed by atoms with Gasteiger partial charge in [0.25, 0.3) is 0 Å². The second-order valence-corrected chi connectivity index (χ2v) is 5.92. The number of hydrogen-bond donors (Lipinski definition) is 2. The number of aromatic nitrogens is 1. The van der Waals surface area contributed by atoms with Crippen molar-refractivity contribution in [3.8, 4) is 0 Å². The van der Waals surface area contributed by atoms with E-state index in [4.69, 9.17) is 4.74 Å². The molecule has 1 rings (SSSR count). The van der Waals surface area contributed by atoms with Crippen molar-refractivity contribution in [3.63, 3.8) is 0 Å². The second-order valence-electron chi connectivity index (χ2n) is 5.03. The topological polar surface area (TPSA) is 58.5 Å². The number of aliphatic imine (C=N–C) groups is 1. The summed E-state index contributed by atoms with van der Waals surface area (Å²) in [6.45, 7) is 10.5. The van der Waals surface area contributed by atoms with Gasteiger partial charge in [-0.3, -0.25) is 0 Å². The Labute approximate surface area is 125 Å². The molecule has 1 aromatic heterocycles.